The van der Waals surface area contributed by atoms with Gasteiger partial charge in [-0.1, -0.05) is 18.2 Å². The van der Waals surface area contributed by atoms with Crippen molar-refractivity contribution in [1.29, 1.82) is 0 Å². The molecule has 8 nitrogen and oxygen atoms in total. The summed E-state index contributed by atoms with van der Waals surface area (Å²) in [5.74, 6) is -2.20. The van der Waals surface area contributed by atoms with Crippen molar-refractivity contribution in [2.45, 2.75) is 6.42 Å². The average Bonchev–Trinajstić information content (AvgIpc) is 2.69. The van der Waals surface area contributed by atoms with E-state index in [0.29, 0.717) is 31.7 Å². The van der Waals surface area contributed by atoms with Gasteiger partial charge in [0.2, 0.25) is 5.91 Å². The third-order valence-electron chi connectivity index (χ3n) is 4.31. The number of halogens is 1. The summed E-state index contributed by atoms with van der Waals surface area (Å²) in [5.41, 5.74) is 0.149. The molecule has 0 unspecified atom stereocenters. The zero-order valence-electron chi connectivity index (χ0n) is 14.3. The first-order valence-corrected chi connectivity index (χ1v) is 8.31. The summed E-state index contributed by atoms with van der Waals surface area (Å²) in [6.45, 7) is 1.29. The number of aromatic nitrogens is 2. The highest BCUT2D eigenvalue weighted by atomic mass is 19.1. The van der Waals surface area contributed by atoms with E-state index in [9.17, 15) is 18.8 Å². The molecule has 2 amide bonds. The van der Waals surface area contributed by atoms with Crippen molar-refractivity contribution in [2.75, 3.05) is 26.2 Å². The highest BCUT2D eigenvalue weighted by molar-refractivity contribution is 5.93. The van der Waals surface area contributed by atoms with Crippen LogP contribution in [0.15, 0.2) is 36.7 Å². The molecule has 140 valence electrons. The maximum absolute atomic E-state index is 13.7. The zero-order valence-corrected chi connectivity index (χ0v) is 14.3. The Bertz CT molecular complexity index is 864. The minimum absolute atomic E-state index is 0.0251. The SMILES string of the molecule is O=C(O)c1cnc(C(=O)N2CCN(C(=O)Cc3ccccc3F)CC2)cn1. The number of hydrogen-bond donors (Lipinski definition) is 1. The Morgan fingerprint density at radius 2 is 1.56 bits per heavy atom. The molecule has 0 saturated carbocycles. The van der Waals surface area contributed by atoms with E-state index < -0.39 is 11.8 Å². The largest absolute Gasteiger partial charge is 0.476 e. The standard InChI is InChI=1S/C18H17FN4O4/c19-13-4-2-1-3-12(13)9-16(24)22-5-7-23(8-6-22)17(25)14-10-21-15(11-20-14)18(26)27/h1-4,10-11H,5-9H2,(H,26,27). The first kappa shape index (κ1) is 18.4. The summed E-state index contributed by atoms with van der Waals surface area (Å²) >= 11 is 0. The lowest BCUT2D eigenvalue weighted by molar-refractivity contribution is -0.132. The Labute approximate surface area is 154 Å². The number of amides is 2. The van der Waals surface area contributed by atoms with Gasteiger partial charge >= 0.3 is 5.97 Å². The van der Waals surface area contributed by atoms with Gasteiger partial charge in [0.1, 0.15) is 11.5 Å². The number of aromatic carboxylic acids is 1. The van der Waals surface area contributed by atoms with Crippen molar-refractivity contribution in [3.63, 3.8) is 0 Å². The maximum atomic E-state index is 13.7. The number of benzene rings is 1. The van der Waals surface area contributed by atoms with Crippen LogP contribution in [0.3, 0.4) is 0 Å². The summed E-state index contributed by atoms with van der Waals surface area (Å²) in [6.07, 6.45) is 2.13. The van der Waals surface area contributed by atoms with E-state index in [1.54, 1.807) is 23.1 Å². The molecule has 27 heavy (non-hydrogen) atoms. The maximum Gasteiger partial charge on any atom is 0.356 e. The van der Waals surface area contributed by atoms with Crippen molar-refractivity contribution in [2.24, 2.45) is 0 Å². The van der Waals surface area contributed by atoms with Gasteiger partial charge in [0.05, 0.1) is 18.8 Å². The molecule has 0 bridgehead atoms. The van der Waals surface area contributed by atoms with E-state index in [1.165, 1.54) is 11.0 Å². The third-order valence-corrected chi connectivity index (χ3v) is 4.31. The third kappa shape index (κ3) is 4.25. The summed E-state index contributed by atoms with van der Waals surface area (Å²) in [7, 11) is 0. The van der Waals surface area contributed by atoms with E-state index in [4.69, 9.17) is 5.11 Å². The van der Waals surface area contributed by atoms with Crippen molar-refractivity contribution >= 4 is 17.8 Å². The molecule has 3 rings (SSSR count). The van der Waals surface area contributed by atoms with Crippen LogP contribution in [0.4, 0.5) is 4.39 Å². The normalized spacial score (nSPS) is 14.1. The van der Waals surface area contributed by atoms with Crippen LogP contribution < -0.4 is 0 Å². The molecule has 9 heteroatoms. The lowest BCUT2D eigenvalue weighted by Crippen LogP contribution is -2.51. The molecule has 1 fully saturated rings. The van der Waals surface area contributed by atoms with Gasteiger partial charge < -0.3 is 14.9 Å². The summed E-state index contributed by atoms with van der Waals surface area (Å²) in [4.78, 5) is 46.2. The Morgan fingerprint density at radius 1 is 0.963 bits per heavy atom. The Balaban J connectivity index is 1.56. The quantitative estimate of drug-likeness (QED) is 0.853. The summed E-state index contributed by atoms with van der Waals surface area (Å²) in [5, 5.41) is 8.81. The first-order chi connectivity index (χ1) is 13.0. The Hall–Kier alpha value is -3.36. The minimum atomic E-state index is -1.22. The smallest absolute Gasteiger partial charge is 0.356 e. The number of carboxylic acid groups (broad SMARTS) is 1. The summed E-state index contributed by atoms with van der Waals surface area (Å²) < 4.78 is 13.7. The molecule has 0 aliphatic carbocycles. The molecule has 2 aromatic rings. The van der Waals surface area contributed by atoms with Gasteiger partial charge in [0, 0.05) is 26.2 Å². The van der Waals surface area contributed by atoms with Gasteiger partial charge in [-0.05, 0) is 11.6 Å². The predicted molar refractivity (Wildman–Crippen MR) is 91.6 cm³/mol. The molecule has 0 atom stereocenters. The van der Waals surface area contributed by atoms with Crippen LogP contribution in [-0.4, -0.2) is 68.8 Å². The molecule has 0 spiro atoms. The van der Waals surface area contributed by atoms with Gasteiger partial charge in [-0.15, -0.1) is 0 Å². The van der Waals surface area contributed by atoms with Gasteiger partial charge in [-0.25, -0.2) is 19.2 Å². The number of hydrogen-bond acceptors (Lipinski definition) is 5. The number of nitrogens with zero attached hydrogens (tertiary/aromatic N) is 4. The van der Waals surface area contributed by atoms with E-state index in [0.717, 1.165) is 12.4 Å². The lowest BCUT2D eigenvalue weighted by atomic mass is 10.1. The topological polar surface area (TPSA) is 104 Å². The summed E-state index contributed by atoms with van der Waals surface area (Å²) in [6, 6.07) is 6.14. The molecule has 1 aliphatic heterocycles. The van der Waals surface area contributed by atoms with Crippen LogP contribution in [0.2, 0.25) is 0 Å². The average molecular weight is 372 g/mol. The molecule has 1 aliphatic rings. The number of carbonyl (C=O) groups is 3. The van der Waals surface area contributed by atoms with E-state index in [1.807, 2.05) is 0 Å². The number of rotatable bonds is 4. The number of carboxylic acids is 1. The lowest BCUT2D eigenvalue weighted by Gasteiger charge is -2.34. The van der Waals surface area contributed by atoms with Crippen LogP contribution in [0.5, 0.6) is 0 Å². The van der Waals surface area contributed by atoms with E-state index in [2.05, 4.69) is 9.97 Å². The van der Waals surface area contributed by atoms with Gasteiger partial charge in [0.25, 0.3) is 5.91 Å². The molecule has 1 aromatic carbocycles. The van der Waals surface area contributed by atoms with Gasteiger partial charge in [0.15, 0.2) is 5.69 Å². The van der Waals surface area contributed by atoms with E-state index in [-0.39, 0.29) is 29.6 Å². The fourth-order valence-electron chi connectivity index (χ4n) is 2.79. The second-order valence-corrected chi connectivity index (χ2v) is 6.03. The van der Waals surface area contributed by atoms with Crippen LogP contribution in [0.1, 0.15) is 26.5 Å². The van der Waals surface area contributed by atoms with Crippen LogP contribution in [0.25, 0.3) is 0 Å². The molecular weight excluding hydrogens is 355 g/mol. The molecule has 1 saturated heterocycles. The highest BCUT2D eigenvalue weighted by Gasteiger charge is 2.26. The molecular formula is C18H17FN4O4. The predicted octanol–water partition coefficient (Wildman–Crippen LogP) is 0.841. The molecule has 1 N–H and O–H groups in total. The first-order valence-electron chi connectivity index (χ1n) is 8.31. The van der Waals surface area contributed by atoms with Crippen molar-refractivity contribution in [1.82, 2.24) is 19.8 Å². The monoisotopic (exact) mass is 372 g/mol. The Morgan fingerprint density at radius 3 is 2.15 bits per heavy atom. The fourth-order valence-corrected chi connectivity index (χ4v) is 2.79. The zero-order chi connectivity index (χ0) is 19.4. The molecule has 0 radical (unpaired) electrons. The van der Waals surface area contributed by atoms with Crippen molar-refractivity contribution in [3.8, 4) is 0 Å². The Kier molecular flexibility index (Phi) is 5.39. The second kappa shape index (κ2) is 7.90. The van der Waals surface area contributed by atoms with Crippen LogP contribution >= 0.6 is 0 Å². The molecule has 2 heterocycles. The van der Waals surface area contributed by atoms with E-state index >= 15 is 0 Å². The second-order valence-electron chi connectivity index (χ2n) is 6.03. The van der Waals surface area contributed by atoms with Crippen molar-refractivity contribution < 1.29 is 23.9 Å². The van der Waals surface area contributed by atoms with Crippen LogP contribution in [-0.2, 0) is 11.2 Å². The molecule has 1 aromatic heterocycles. The van der Waals surface area contributed by atoms with Crippen LogP contribution in [0, 0.1) is 5.82 Å². The van der Waals surface area contributed by atoms with Gasteiger partial charge in [-0.3, -0.25) is 9.59 Å². The minimum Gasteiger partial charge on any atom is -0.476 e. The number of piperazine rings is 1. The van der Waals surface area contributed by atoms with Crippen molar-refractivity contribution in [3.05, 3.63) is 59.4 Å². The fraction of sp³-hybridized carbons (Fsp3) is 0.278. The van der Waals surface area contributed by atoms with Gasteiger partial charge in [-0.2, -0.15) is 0 Å². The number of carbonyl (C=O) groups excluding carboxylic acids is 2. The highest BCUT2D eigenvalue weighted by Crippen LogP contribution is 2.12.